The Morgan fingerprint density at radius 3 is 2.58 bits per heavy atom. The van der Waals surface area contributed by atoms with Gasteiger partial charge < -0.3 is 4.98 Å². The molecule has 1 nitrogen and oxygen atoms in total. The number of aromatic nitrogens is 1. The third-order valence-electron chi connectivity index (χ3n) is 1.68. The van der Waals surface area contributed by atoms with E-state index in [1.807, 2.05) is 6.07 Å². The number of benzene rings is 1. The van der Waals surface area contributed by atoms with Crippen molar-refractivity contribution in [3.8, 4) is 0 Å². The van der Waals surface area contributed by atoms with Gasteiger partial charge in [0.25, 0.3) is 0 Å². The predicted octanol–water partition coefficient (Wildman–Crippen LogP) is 4.13. The Labute approximate surface area is 84.2 Å². The third kappa shape index (κ3) is 1.09. The van der Waals surface area contributed by atoms with E-state index in [2.05, 4.69) is 4.98 Å². The van der Waals surface area contributed by atoms with Crippen LogP contribution in [0.15, 0.2) is 18.3 Å². The first-order valence-electron chi connectivity index (χ1n) is 3.30. The third-order valence-corrected chi connectivity index (χ3v) is 2.95. The molecule has 62 valence electrons. The Morgan fingerprint density at radius 1 is 1.08 bits per heavy atom. The van der Waals surface area contributed by atoms with Crippen LogP contribution in [0.2, 0.25) is 15.1 Å². The molecule has 2 aromatic rings. The van der Waals surface area contributed by atoms with Gasteiger partial charge in [0.05, 0.1) is 20.6 Å². The molecule has 0 atom stereocenters. The minimum absolute atomic E-state index is 0.397. The molecule has 0 saturated heterocycles. The van der Waals surface area contributed by atoms with Gasteiger partial charge in [0.2, 0.25) is 0 Å². The molecule has 0 aliphatic carbocycles. The van der Waals surface area contributed by atoms with Gasteiger partial charge in [-0.15, -0.1) is 0 Å². The van der Waals surface area contributed by atoms with Gasteiger partial charge in [-0.2, -0.15) is 0 Å². The van der Waals surface area contributed by atoms with E-state index >= 15 is 0 Å². The molecular weight excluding hydrogens is 216 g/mol. The van der Waals surface area contributed by atoms with Crippen LogP contribution < -0.4 is 0 Å². The minimum atomic E-state index is 0.397. The van der Waals surface area contributed by atoms with Crippen molar-refractivity contribution < 1.29 is 0 Å². The van der Waals surface area contributed by atoms with E-state index in [1.165, 1.54) is 0 Å². The van der Waals surface area contributed by atoms with Gasteiger partial charge >= 0.3 is 0 Å². The van der Waals surface area contributed by atoms with Crippen LogP contribution in [-0.4, -0.2) is 4.98 Å². The van der Waals surface area contributed by atoms with Crippen molar-refractivity contribution in [3.63, 3.8) is 0 Å². The minimum Gasteiger partial charge on any atom is -0.360 e. The summed E-state index contributed by atoms with van der Waals surface area (Å²) in [7, 11) is 0. The zero-order valence-corrected chi connectivity index (χ0v) is 8.13. The Balaban J connectivity index is 2.94. The van der Waals surface area contributed by atoms with Crippen molar-refractivity contribution in [2.45, 2.75) is 0 Å². The average Bonchev–Trinajstić information content (AvgIpc) is 2.48. The van der Waals surface area contributed by atoms with Crippen molar-refractivity contribution >= 4 is 45.7 Å². The van der Waals surface area contributed by atoms with E-state index < -0.39 is 0 Å². The van der Waals surface area contributed by atoms with Gasteiger partial charge in [-0.3, -0.25) is 0 Å². The fourth-order valence-corrected chi connectivity index (χ4v) is 1.78. The van der Waals surface area contributed by atoms with Crippen LogP contribution in [0.4, 0.5) is 0 Å². The van der Waals surface area contributed by atoms with Crippen LogP contribution in [-0.2, 0) is 0 Å². The first-order valence-corrected chi connectivity index (χ1v) is 4.44. The normalized spacial score (nSPS) is 10.9. The van der Waals surface area contributed by atoms with E-state index in [0.29, 0.717) is 15.1 Å². The summed E-state index contributed by atoms with van der Waals surface area (Å²) in [5, 5.41) is 2.32. The Bertz CT molecular complexity index is 433. The number of hydrogen-bond donors (Lipinski definition) is 1. The summed E-state index contributed by atoms with van der Waals surface area (Å²) in [5.74, 6) is 0. The number of hydrogen-bond acceptors (Lipinski definition) is 0. The van der Waals surface area contributed by atoms with Crippen molar-refractivity contribution in [1.82, 2.24) is 4.98 Å². The molecule has 1 N–H and O–H groups in total. The second kappa shape index (κ2) is 2.84. The lowest BCUT2D eigenvalue weighted by Gasteiger charge is -1.99. The zero-order chi connectivity index (χ0) is 8.72. The fraction of sp³-hybridized carbons (Fsp3) is 0. The maximum absolute atomic E-state index is 5.93. The quantitative estimate of drug-likeness (QED) is 0.643. The van der Waals surface area contributed by atoms with E-state index in [-0.39, 0.29) is 0 Å². The van der Waals surface area contributed by atoms with E-state index in [0.717, 1.165) is 10.9 Å². The first kappa shape index (κ1) is 8.24. The van der Waals surface area contributed by atoms with Crippen LogP contribution in [0.5, 0.6) is 0 Å². The maximum atomic E-state index is 5.93. The summed E-state index contributed by atoms with van der Waals surface area (Å²) in [6.07, 6.45) is 1.79. The van der Waals surface area contributed by atoms with Crippen molar-refractivity contribution in [2.24, 2.45) is 0 Å². The smallest absolute Gasteiger partial charge is 0.0848 e. The molecule has 0 saturated carbocycles. The zero-order valence-electron chi connectivity index (χ0n) is 5.87. The van der Waals surface area contributed by atoms with Gasteiger partial charge in [-0.25, -0.2) is 0 Å². The van der Waals surface area contributed by atoms with E-state index in [1.54, 1.807) is 12.3 Å². The van der Waals surface area contributed by atoms with Gasteiger partial charge in [0.1, 0.15) is 0 Å². The van der Waals surface area contributed by atoms with E-state index in [9.17, 15) is 0 Å². The second-order valence-corrected chi connectivity index (χ2v) is 3.59. The molecule has 0 amide bonds. The van der Waals surface area contributed by atoms with Gasteiger partial charge in [-0.1, -0.05) is 34.8 Å². The summed E-state index contributed by atoms with van der Waals surface area (Å²) in [5.41, 5.74) is 0.825. The predicted molar refractivity (Wildman–Crippen MR) is 53.3 cm³/mol. The fourth-order valence-electron chi connectivity index (χ4n) is 1.11. The lowest BCUT2D eigenvalue weighted by Crippen LogP contribution is -1.74. The standard InChI is InChI=1S/C8H4Cl3N/c9-5-3-4-1-2-12-8(4)7(11)6(5)10/h1-3,12H. The number of fused-ring (bicyclic) bond motifs is 1. The number of H-pyrrole nitrogens is 1. The van der Waals surface area contributed by atoms with Gasteiger partial charge in [0.15, 0.2) is 0 Å². The molecule has 0 aliphatic heterocycles. The van der Waals surface area contributed by atoms with Crippen LogP contribution in [0.1, 0.15) is 0 Å². The van der Waals surface area contributed by atoms with E-state index in [4.69, 9.17) is 34.8 Å². The molecule has 12 heavy (non-hydrogen) atoms. The largest absolute Gasteiger partial charge is 0.360 e. The highest BCUT2D eigenvalue weighted by molar-refractivity contribution is 6.50. The molecule has 0 radical (unpaired) electrons. The maximum Gasteiger partial charge on any atom is 0.0848 e. The Hall–Kier alpha value is -0.370. The molecule has 0 aliphatic rings. The molecule has 1 aromatic carbocycles. The number of halogens is 3. The topological polar surface area (TPSA) is 15.8 Å². The molecule has 0 unspecified atom stereocenters. The molecule has 1 aromatic heterocycles. The highest BCUT2D eigenvalue weighted by Gasteiger charge is 2.08. The van der Waals surface area contributed by atoms with Crippen molar-refractivity contribution in [1.29, 1.82) is 0 Å². The second-order valence-electron chi connectivity index (χ2n) is 2.43. The number of aromatic amines is 1. The summed E-state index contributed by atoms with van der Waals surface area (Å²) in [6, 6.07) is 3.67. The van der Waals surface area contributed by atoms with Crippen LogP contribution >= 0.6 is 34.8 Å². The molecule has 1 heterocycles. The van der Waals surface area contributed by atoms with Crippen LogP contribution in [0, 0.1) is 0 Å². The average molecular weight is 220 g/mol. The first-order chi connectivity index (χ1) is 5.70. The highest BCUT2D eigenvalue weighted by Crippen LogP contribution is 2.35. The summed E-state index contributed by atoms with van der Waals surface area (Å²) in [6.45, 7) is 0. The lowest BCUT2D eigenvalue weighted by molar-refractivity contribution is 1.48. The molecule has 0 spiro atoms. The van der Waals surface area contributed by atoms with Crippen molar-refractivity contribution in [3.05, 3.63) is 33.4 Å². The van der Waals surface area contributed by atoms with Crippen molar-refractivity contribution in [2.75, 3.05) is 0 Å². The molecule has 2 rings (SSSR count). The molecular formula is C8H4Cl3N. The lowest BCUT2D eigenvalue weighted by atomic mass is 10.2. The number of rotatable bonds is 0. The monoisotopic (exact) mass is 219 g/mol. The summed E-state index contributed by atoms with van der Waals surface area (Å²) >= 11 is 17.6. The van der Waals surface area contributed by atoms with Gasteiger partial charge in [0, 0.05) is 11.6 Å². The number of nitrogens with one attached hydrogen (secondary N) is 1. The molecule has 4 heteroatoms. The highest BCUT2D eigenvalue weighted by atomic mass is 35.5. The Morgan fingerprint density at radius 2 is 1.83 bits per heavy atom. The van der Waals surface area contributed by atoms with Crippen LogP contribution in [0.3, 0.4) is 0 Å². The summed E-state index contributed by atoms with van der Waals surface area (Å²) in [4.78, 5) is 2.98. The van der Waals surface area contributed by atoms with Crippen LogP contribution in [0.25, 0.3) is 10.9 Å². The molecule has 0 fully saturated rings. The van der Waals surface area contributed by atoms with Gasteiger partial charge in [-0.05, 0) is 12.1 Å². The SMILES string of the molecule is Clc1cc2cc[nH]c2c(Cl)c1Cl. The molecule has 0 bridgehead atoms. The summed E-state index contributed by atoms with van der Waals surface area (Å²) < 4.78 is 0. The Kier molecular flexibility index (Phi) is 1.95.